The van der Waals surface area contributed by atoms with Crippen molar-refractivity contribution in [2.24, 2.45) is 5.92 Å². The van der Waals surface area contributed by atoms with Gasteiger partial charge in [0.15, 0.2) is 0 Å². The van der Waals surface area contributed by atoms with Crippen molar-refractivity contribution in [3.05, 3.63) is 35.9 Å². The minimum atomic E-state index is -0.441. The van der Waals surface area contributed by atoms with Gasteiger partial charge in [-0.3, -0.25) is 14.4 Å². The Labute approximate surface area is 148 Å². The summed E-state index contributed by atoms with van der Waals surface area (Å²) in [7, 11) is 0. The van der Waals surface area contributed by atoms with E-state index in [2.05, 4.69) is 5.32 Å². The highest BCUT2D eigenvalue weighted by Crippen LogP contribution is 2.19. The number of rotatable bonds is 4. The van der Waals surface area contributed by atoms with E-state index in [9.17, 15) is 14.4 Å². The molecule has 6 nitrogen and oxygen atoms in total. The van der Waals surface area contributed by atoms with Crippen LogP contribution in [-0.2, 0) is 20.9 Å². The van der Waals surface area contributed by atoms with Crippen molar-refractivity contribution in [1.29, 1.82) is 0 Å². The number of hydrogen-bond donors (Lipinski definition) is 1. The summed E-state index contributed by atoms with van der Waals surface area (Å²) in [6.07, 6.45) is 2.24. The number of nitrogens with one attached hydrogen (secondary N) is 1. The van der Waals surface area contributed by atoms with Gasteiger partial charge in [-0.15, -0.1) is 0 Å². The maximum Gasteiger partial charge on any atom is 0.245 e. The molecule has 0 bridgehead atoms. The SMILES string of the molecule is CC(=O)N1CCCC(C(=O)NC2CCN(Cc3ccccc3)C2=O)C1. The van der Waals surface area contributed by atoms with Gasteiger partial charge < -0.3 is 15.1 Å². The minimum Gasteiger partial charge on any atom is -0.344 e. The first-order valence-electron chi connectivity index (χ1n) is 8.93. The zero-order valence-corrected chi connectivity index (χ0v) is 14.6. The highest BCUT2D eigenvalue weighted by molar-refractivity contribution is 5.90. The Balaban J connectivity index is 1.54. The Bertz CT molecular complexity index is 647. The van der Waals surface area contributed by atoms with Crippen LogP contribution in [0.15, 0.2) is 30.3 Å². The van der Waals surface area contributed by atoms with Crippen molar-refractivity contribution in [2.45, 2.75) is 38.8 Å². The van der Waals surface area contributed by atoms with Crippen molar-refractivity contribution in [3.63, 3.8) is 0 Å². The molecule has 0 aliphatic carbocycles. The standard InChI is InChI=1S/C19H25N3O3/c1-14(23)21-10-5-8-16(13-21)18(24)20-17-9-11-22(19(17)25)12-15-6-3-2-4-7-15/h2-4,6-7,16-17H,5,8-13H2,1H3,(H,20,24). The van der Waals surface area contributed by atoms with Crippen molar-refractivity contribution < 1.29 is 14.4 Å². The van der Waals surface area contributed by atoms with Crippen molar-refractivity contribution >= 4 is 17.7 Å². The fourth-order valence-corrected chi connectivity index (χ4v) is 3.60. The van der Waals surface area contributed by atoms with Crippen LogP contribution in [0.5, 0.6) is 0 Å². The van der Waals surface area contributed by atoms with Gasteiger partial charge in [-0.05, 0) is 24.8 Å². The summed E-state index contributed by atoms with van der Waals surface area (Å²) in [4.78, 5) is 40.1. The molecule has 2 aliphatic rings. The maximum atomic E-state index is 12.5. The van der Waals surface area contributed by atoms with Crippen LogP contribution >= 0.6 is 0 Å². The molecule has 6 heteroatoms. The molecule has 3 amide bonds. The van der Waals surface area contributed by atoms with E-state index in [0.717, 1.165) is 18.4 Å². The van der Waals surface area contributed by atoms with Crippen molar-refractivity contribution in [3.8, 4) is 0 Å². The Morgan fingerprint density at radius 2 is 1.92 bits per heavy atom. The highest BCUT2D eigenvalue weighted by atomic mass is 16.2. The molecule has 134 valence electrons. The van der Waals surface area contributed by atoms with E-state index in [-0.39, 0.29) is 23.6 Å². The lowest BCUT2D eigenvalue weighted by Gasteiger charge is -2.31. The van der Waals surface area contributed by atoms with Gasteiger partial charge in [0.2, 0.25) is 17.7 Å². The molecular weight excluding hydrogens is 318 g/mol. The fraction of sp³-hybridized carbons (Fsp3) is 0.526. The molecule has 2 heterocycles. The lowest BCUT2D eigenvalue weighted by atomic mass is 9.96. The number of piperidine rings is 1. The smallest absolute Gasteiger partial charge is 0.245 e. The number of hydrogen-bond acceptors (Lipinski definition) is 3. The molecule has 0 spiro atoms. The van der Waals surface area contributed by atoms with E-state index < -0.39 is 6.04 Å². The molecule has 25 heavy (non-hydrogen) atoms. The minimum absolute atomic E-state index is 0.00322. The van der Waals surface area contributed by atoms with Crippen LogP contribution in [-0.4, -0.2) is 53.2 Å². The summed E-state index contributed by atoms with van der Waals surface area (Å²) in [6.45, 7) is 3.93. The zero-order chi connectivity index (χ0) is 17.8. The molecule has 3 rings (SSSR count). The summed E-state index contributed by atoms with van der Waals surface area (Å²) in [5, 5.41) is 2.91. The second-order valence-electron chi connectivity index (χ2n) is 6.90. The number of amides is 3. The number of benzene rings is 1. The fourth-order valence-electron chi connectivity index (χ4n) is 3.60. The highest BCUT2D eigenvalue weighted by Gasteiger charge is 2.35. The second kappa shape index (κ2) is 7.68. The largest absolute Gasteiger partial charge is 0.344 e. The zero-order valence-electron chi connectivity index (χ0n) is 14.6. The lowest BCUT2D eigenvalue weighted by Crippen LogP contribution is -2.48. The molecule has 2 saturated heterocycles. The van der Waals surface area contributed by atoms with Crippen molar-refractivity contribution in [2.75, 3.05) is 19.6 Å². The first-order chi connectivity index (χ1) is 12.0. The molecule has 0 saturated carbocycles. The van der Waals surface area contributed by atoms with Crippen LogP contribution in [0.4, 0.5) is 0 Å². The van der Waals surface area contributed by atoms with Crippen LogP contribution in [0.2, 0.25) is 0 Å². The van der Waals surface area contributed by atoms with Gasteiger partial charge in [-0.25, -0.2) is 0 Å². The van der Waals surface area contributed by atoms with E-state index in [0.29, 0.717) is 32.6 Å². The Morgan fingerprint density at radius 3 is 2.64 bits per heavy atom. The molecule has 2 unspecified atom stereocenters. The van der Waals surface area contributed by atoms with Crippen LogP contribution in [0, 0.1) is 5.92 Å². The molecule has 1 aromatic rings. The van der Waals surface area contributed by atoms with Crippen molar-refractivity contribution in [1.82, 2.24) is 15.1 Å². The van der Waals surface area contributed by atoms with E-state index in [1.807, 2.05) is 30.3 Å². The lowest BCUT2D eigenvalue weighted by molar-refractivity contribution is -0.137. The quantitative estimate of drug-likeness (QED) is 0.892. The molecule has 1 aromatic carbocycles. The summed E-state index contributed by atoms with van der Waals surface area (Å²) < 4.78 is 0. The molecule has 2 aliphatic heterocycles. The Morgan fingerprint density at radius 1 is 1.16 bits per heavy atom. The van der Waals surface area contributed by atoms with Crippen LogP contribution < -0.4 is 5.32 Å². The average Bonchev–Trinajstić information content (AvgIpc) is 2.96. The summed E-state index contributed by atoms with van der Waals surface area (Å²) in [5.41, 5.74) is 1.09. The van der Waals surface area contributed by atoms with Gasteiger partial charge in [0.05, 0.1) is 5.92 Å². The topological polar surface area (TPSA) is 69.7 Å². The van der Waals surface area contributed by atoms with Gasteiger partial charge in [-0.2, -0.15) is 0 Å². The third-order valence-corrected chi connectivity index (χ3v) is 5.07. The molecule has 1 N–H and O–H groups in total. The van der Waals surface area contributed by atoms with E-state index in [1.54, 1.807) is 9.80 Å². The summed E-state index contributed by atoms with van der Waals surface area (Å²) in [5.74, 6) is -0.334. The number of carbonyl (C=O) groups is 3. The van der Waals surface area contributed by atoms with Gasteiger partial charge in [0, 0.05) is 33.1 Å². The average molecular weight is 343 g/mol. The molecular formula is C19H25N3O3. The summed E-state index contributed by atoms with van der Waals surface area (Å²) in [6, 6.07) is 9.42. The van der Waals surface area contributed by atoms with E-state index >= 15 is 0 Å². The molecule has 2 atom stereocenters. The Kier molecular flexibility index (Phi) is 5.36. The summed E-state index contributed by atoms with van der Waals surface area (Å²) >= 11 is 0. The van der Waals surface area contributed by atoms with Crippen LogP contribution in [0.3, 0.4) is 0 Å². The number of carbonyl (C=O) groups excluding carboxylic acids is 3. The van der Waals surface area contributed by atoms with Crippen LogP contribution in [0.25, 0.3) is 0 Å². The molecule has 2 fully saturated rings. The van der Waals surface area contributed by atoms with Gasteiger partial charge >= 0.3 is 0 Å². The van der Waals surface area contributed by atoms with Gasteiger partial charge in [-0.1, -0.05) is 30.3 Å². The molecule has 0 aromatic heterocycles. The van der Waals surface area contributed by atoms with E-state index in [1.165, 1.54) is 6.92 Å². The predicted octanol–water partition coefficient (Wildman–Crippen LogP) is 1.16. The first kappa shape index (κ1) is 17.5. The monoisotopic (exact) mass is 343 g/mol. The van der Waals surface area contributed by atoms with Gasteiger partial charge in [0.1, 0.15) is 6.04 Å². The Hall–Kier alpha value is -2.37. The first-order valence-corrected chi connectivity index (χ1v) is 8.93. The van der Waals surface area contributed by atoms with Crippen LogP contribution in [0.1, 0.15) is 31.7 Å². The molecule has 0 radical (unpaired) electrons. The maximum absolute atomic E-state index is 12.5. The van der Waals surface area contributed by atoms with Gasteiger partial charge in [0.25, 0.3) is 0 Å². The normalized spacial score (nSPS) is 23.6. The van der Waals surface area contributed by atoms with E-state index in [4.69, 9.17) is 0 Å². The second-order valence-corrected chi connectivity index (χ2v) is 6.90. The predicted molar refractivity (Wildman–Crippen MR) is 93.4 cm³/mol. The number of likely N-dealkylation sites (tertiary alicyclic amines) is 2. The third kappa shape index (κ3) is 4.18. The number of nitrogens with zero attached hydrogens (tertiary/aromatic N) is 2. The third-order valence-electron chi connectivity index (χ3n) is 5.07.